The predicted molar refractivity (Wildman–Crippen MR) is 86.6 cm³/mol. The first-order valence-corrected chi connectivity index (χ1v) is 7.56. The van der Waals surface area contributed by atoms with E-state index in [-0.39, 0.29) is 11.9 Å². The Kier molecular flexibility index (Phi) is 6.34. The smallest absolute Gasteiger partial charge is 0.255 e. The summed E-state index contributed by atoms with van der Waals surface area (Å²) in [4.78, 5) is 14.4. The fourth-order valence-electron chi connectivity index (χ4n) is 1.93. The molecule has 0 aromatic heterocycles. The molecule has 0 aliphatic rings. The zero-order valence-corrected chi connectivity index (χ0v) is 13.8. The van der Waals surface area contributed by atoms with Gasteiger partial charge in [0.25, 0.3) is 5.91 Å². The Morgan fingerprint density at radius 3 is 2.55 bits per heavy atom. The van der Waals surface area contributed by atoms with Crippen LogP contribution in [0, 0.1) is 5.92 Å². The topological polar surface area (TPSA) is 32.3 Å². The number of carbonyl (C=O) groups is 1. The van der Waals surface area contributed by atoms with Crippen molar-refractivity contribution in [3.05, 3.63) is 28.8 Å². The van der Waals surface area contributed by atoms with Gasteiger partial charge < -0.3 is 10.2 Å². The van der Waals surface area contributed by atoms with Gasteiger partial charge in [0, 0.05) is 30.3 Å². The van der Waals surface area contributed by atoms with Crippen LogP contribution in [0.3, 0.4) is 0 Å². The molecule has 4 heteroatoms. The molecule has 1 atom stereocenters. The predicted octanol–water partition coefficient (Wildman–Crippen LogP) is 4.28. The van der Waals surface area contributed by atoms with Crippen molar-refractivity contribution < 1.29 is 4.79 Å². The first-order chi connectivity index (χ1) is 9.38. The second-order valence-corrected chi connectivity index (χ2v) is 5.95. The molecule has 1 aromatic rings. The molecule has 1 aromatic carbocycles. The number of anilines is 1. The number of benzene rings is 1. The molecule has 112 valence electrons. The Morgan fingerprint density at radius 2 is 2.00 bits per heavy atom. The molecule has 1 rings (SSSR count). The van der Waals surface area contributed by atoms with Gasteiger partial charge in [0.2, 0.25) is 0 Å². The summed E-state index contributed by atoms with van der Waals surface area (Å²) in [6.45, 7) is 9.22. The van der Waals surface area contributed by atoms with Gasteiger partial charge in [-0.15, -0.1) is 0 Å². The summed E-state index contributed by atoms with van der Waals surface area (Å²) in [6.07, 6.45) is 1.01. The summed E-state index contributed by atoms with van der Waals surface area (Å²) < 4.78 is 0. The molecule has 1 unspecified atom stereocenters. The minimum absolute atomic E-state index is 0.00676. The van der Waals surface area contributed by atoms with Crippen molar-refractivity contribution >= 4 is 23.2 Å². The molecule has 0 aliphatic carbocycles. The monoisotopic (exact) mass is 296 g/mol. The molecule has 0 bridgehead atoms. The van der Waals surface area contributed by atoms with Crippen molar-refractivity contribution in [1.29, 1.82) is 0 Å². The molecule has 0 spiro atoms. The van der Waals surface area contributed by atoms with Gasteiger partial charge in [0.15, 0.2) is 0 Å². The maximum atomic E-state index is 12.7. The summed E-state index contributed by atoms with van der Waals surface area (Å²) in [6, 6.07) is 5.60. The van der Waals surface area contributed by atoms with E-state index in [9.17, 15) is 4.79 Å². The Bertz CT molecular complexity index is 460. The number of rotatable bonds is 6. The highest BCUT2D eigenvalue weighted by Gasteiger charge is 2.22. The van der Waals surface area contributed by atoms with Crippen molar-refractivity contribution in [2.24, 2.45) is 5.92 Å². The molecule has 3 nitrogen and oxygen atoms in total. The lowest BCUT2D eigenvalue weighted by molar-refractivity contribution is 0.0708. The SMILES string of the molecule is CCCNc1ccc(Cl)cc1C(=O)N(C)C(C)C(C)C. The molecule has 0 heterocycles. The second kappa shape index (κ2) is 7.53. The van der Waals surface area contributed by atoms with Gasteiger partial charge in [0.05, 0.1) is 5.56 Å². The average molecular weight is 297 g/mol. The molecule has 0 aliphatic heterocycles. The number of hydrogen-bond donors (Lipinski definition) is 1. The second-order valence-electron chi connectivity index (χ2n) is 5.52. The van der Waals surface area contributed by atoms with Crippen molar-refractivity contribution in [2.75, 3.05) is 18.9 Å². The maximum absolute atomic E-state index is 12.7. The van der Waals surface area contributed by atoms with Crippen molar-refractivity contribution in [2.45, 2.75) is 40.2 Å². The molecule has 20 heavy (non-hydrogen) atoms. The third-order valence-electron chi connectivity index (χ3n) is 3.67. The van der Waals surface area contributed by atoms with Gasteiger partial charge in [-0.3, -0.25) is 4.79 Å². The lowest BCUT2D eigenvalue weighted by Gasteiger charge is -2.29. The highest BCUT2D eigenvalue weighted by atomic mass is 35.5. The van der Waals surface area contributed by atoms with E-state index in [2.05, 4.69) is 33.0 Å². The molecular formula is C16H25ClN2O. The molecule has 0 radical (unpaired) electrons. The largest absolute Gasteiger partial charge is 0.384 e. The summed E-state index contributed by atoms with van der Waals surface area (Å²) in [5.41, 5.74) is 1.49. The first-order valence-electron chi connectivity index (χ1n) is 7.19. The number of halogens is 1. The van der Waals surface area contributed by atoms with E-state index in [1.165, 1.54) is 0 Å². The van der Waals surface area contributed by atoms with E-state index in [1.807, 2.05) is 19.2 Å². The van der Waals surface area contributed by atoms with Crippen molar-refractivity contribution in [3.63, 3.8) is 0 Å². The quantitative estimate of drug-likeness (QED) is 0.850. The minimum Gasteiger partial charge on any atom is -0.384 e. The summed E-state index contributed by atoms with van der Waals surface area (Å²) in [5.74, 6) is 0.419. The van der Waals surface area contributed by atoms with E-state index < -0.39 is 0 Å². The Morgan fingerprint density at radius 1 is 1.35 bits per heavy atom. The molecule has 1 N–H and O–H groups in total. The molecule has 0 fully saturated rings. The van der Waals surface area contributed by atoms with Crippen molar-refractivity contribution in [3.8, 4) is 0 Å². The van der Waals surface area contributed by atoms with Crippen LogP contribution in [-0.4, -0.2) is 30.4 Å². The zero-order chi connectivity index (χ0) is 15.3. The van der Waals surface area contributed by atoms with Crippen LogP contribution in [0.5, 0.6) is 0 Å². The third kappa shape index (κ3) is 4.14. The van der Waals surface area contributed by atoms with Crippen LogP contribution in [0.15, 0.2) is 18.2 Å². The standard InChI is InChI=1S/C16H25ClN2O/c1-6-9-18-15-8-7-13(17)10-14(15)16(20)19(5)12(4)11(2)3/h7-8,10-12,18H,6,9H2,1-5H3. The first kappa shape index (κ1) is 16.8. The molecular weight excluding hydrogens is 272 g/mol. The lowest BCUT2D eigenvalue weighted by atomic mass is 10.0. The number of carbonyl (C=O) groups excluding carboxylic acids is 1. The Balaban J connectivity index is 3.04. The van der Waals surface area contributed by atoms with Gasteiger partial charge in [-0.25, -0.2) is 0 Å². The number of nitrogens with one attached hydrogen (secondary N) is 1. The normalized spacial score (nSPS) is 12.3. The fraction of sp³-hybridized carbons (Fsp3) is 0.562. The lowest BCUT2D eigenvalue weighted by Crippen LogP contribution is -2.38. The van der Waals surface area contributed by atoms with Crippen LogP contribution in [0.4, 0.5) is 5.69 Å². The average Bonchev–Trinajstić information content (AvgIpc) is 2.43. The summed E-state index contributed by atoms with van der Waals surface area (Å²) >= 11 is 6.04. The van der Waals surface area contributed by atoms with Gasteiger partial charge in [0.1, 0.15) is 0 Å². The summed E-state index contributed by atoms with van der Waals surface area (Å²) in [5, 5.41) is 3.87. The maximum Gasteiger partial charge on any atom is 0.255 e. The fourth-order valence-corrected chi connectivity index (χ4v) is 2.10. The van der Waals surface area contributed by atoms with Crippen LogP contribution in [0.2, 0.25) is 5.02 Å². The molecule has 1 amide bonds. The molecule has 0 saturated carbocycles. The Labute approximate surface area is 127 Å². The van der Waals surface area contributed by atoms with Gasteiger partial charge in [-0.1, -0.05) is 32.4 Å². The third-order valence-corrected chi connectivity index (χ3v) is 3.91. The van der Waals surface area contributed by atoms with Crippen LogP contribution in [0.25, 0.3) is 0 Å². The molecule has 0 saturated heterocycles. The van der Waals surface area contributed by atoms with E-state index in [4.69, 9.17) is 11.6 Å². The number of hydrogen-bond acceptors (Lipinski definition) is 2. The van der Waals surface area contributed by atoms with Gasteiger partial charge >= 0.3 is 0 Å². The highest BCUT2D eigenvalue weighted by molar-refractivity contribution is 6.31. The van der Waals surface area contributed by atoms with E-state index >= 15 is 0 Å². The van der Waals surface area contributed by atoms with E-state index in [0.29, 0.717) is 16.5 Å². The zero-order valence-electron chi connectivity index (χ0n) is 13.0. The number of amides is 1. The van der Waals surface area contributed by atoms with Gasteiger partial charge in [-0.05, 0) is 37.5 Å². The van der Waals surface area contributed by atoms with Crippen LogP contribution >= 0.6 is 11.6 Å². The Hall–Kier alpha value is -1.22. The number of nitrogens with zero attached hydrogens (tertiary/aromatic N) is 1. The van der Waals surface area contributed by atoms with Gasteiger partial charge in [-0.2, -0.15) is 0 Å². The van der Waals surface area contributed by atoms with Crippen LogP contribution in [0.1, 0.15) is 44.5 Å². The van der Waals surface area contributed by atoms with E-state index in [0.717, 1.165) is 18.7 Å². The van der Waals surface area contributed by atoms with Crippen molar-refractivity contribution in [1.82, 2.24) is 4.90 Å². The van der Waals surface area contributed by atoms with Crippen LogP contribution in [-0.2, 0) is 0 Å². The summed E-state index contributed by atoms with van der Waals surface area (Å²) in [7, 11) is 1.84. The van der Waals surface area contributed by atoms with E-state index in [1.54, 1.807) is 11.0 Å². The van der Waals surface area contributed by atoms with Crippen LogP contribution < -0.4 is 5.32 Å². The minimum atomic E-state index is 0.00676. The highest BCUT2D eigenvalue weighted by Crippen LogP contribution is 2.23.